The Balaban J connectivity index is 1.21. The highest BCUT2D eigenvalue weighted by Gasteiger charge is 2.52. The van der Waals surface area contributed by atoms with E-state index in [0.29, 0.717) is 31.9 Å². The standard InChI is InChI=1S/C22H25N5O4S/c28-22(29)25-10-9-24(19-3-1-2-4-20(19)25)21-8-5-15(12-23-21)26-13-17-11-16(26)14-27(17)32(30,31)18-6-7-18/h1-5,8,12,16-18H,6-7,9-11,13-14H2,(H,28,29)/t16-,17+/m1/s1. The molecule has 1 aromatic carbocycles. The number of amides is 1. The summed E-state index contributed by atoms with van der Waals surface area (Å²) in [6.45, 7) is 2.17. The van der Waals surface area contributed by atoms with Crippen LogP contribution in [-0.2, 0) is 10.0 Å². The Labute approximate surface area is 186 Å². The molecule has 1 aliphatic carbocycles. The topological polar surface area (TPSA) is 97.3 Å². The average Bonchev–Trinajstić information content (AvgIpc) is 3.48. The molecule has 9 nitrogen and oxygen atoms in total. The molecule has 0 spiro atoms. The van der Waals surface area contributed by atoms with E-state index < -0.39 is 16.1 Å². The molecular weight excluding hydrogens is 430 g/mol. The van der Waals surface area contributed by atoms with Crippen LogP contribution in [0.2, 0.25) is 0 Å². The summed E-state index contributed by atoms with van der Waals surface area (Å²) >= 11 is 0. The molecule has 3 aliphatic heterocycles. The zero-order valence-electron chi connectivity index (χ0n) is 17.5. The molecule has 168 valence electrons. The number of para-hydroxylation sites is 2. The fourth-order valence-corrected chi connectivity index (χ4v) is 7.38. The summed E-state index contributed by atoms with van der Waals surface area (Å²) in [7, 11) is -3.12. The number of fused-ring (bicyclic) bond motifs is 3. The maximum absolute atomic E-state index is 12.7. The lowest BCUT2D eigenvalue weighted by Crippen LogP contribution is -2.49. The van der Waals surface area contributed by atoms with E-state index in [1.807, 2.05) is 47.5 Å². The van der Waals surface area contributed by atoms with Crippen molar-refractivity contribution in [3.8, 4) is 0 Å². The zero-order valence-corrected chi connectivity index (χ0v) is 18.4. The summed E-state index contributed by atoms with van der Waals surface area (Å²) in [6, 6.07) is 11.7. The van der Waals surface area contributed by atoms with Gasteiger partial charge in [-0.05, 0) is 43.5 Å². The van der Waals surface area contributed by atoms with Gasteiger partial charge in [0.05, 0.1) is 28.5 Å². The highest BCUT2D eigenvalue weighted by Crippen LogP contribution is 2.41. The quantitative estimate of drug-likeness (QED) is 0.756. The summed E-state index contributed by atoms with van der Waals surface area (Å²) in [6.07, 6.45) is 3.37. The monoisotopic (exact) mass is 455 g/mol. The molecule has 32 heavy (non-hydrogen) atoms. The van der Waals surface area contributed by atoms with Crippen LogP contribution in [0.1, 0.15) is 19.3 Å². The predicted molar refractivity (Wildman–Crippen MR) is 121 cm³/mol. The number of hydrogen-bond donors (Lipinski definition) is 1. The molecule has 1 amide bonds. The van der Waals surface area contributed by atoms with Gasteiger partial charge in [0.25, 0.3) is 0 Å². The van der Waals surface area contributed by atoms with E-state index in [1.54, 1.807) is 4.31 Å². The first-order valence-electron chi connectivity index (χ1n) is 11.0. The largest absolute Gasteiger partial charge is 0.465 e. The first-order valence-corrected chi connectivity index (χ1v) is 12.5. The van der Waals surface area contributed by atoms with Gasteiger partial charge in [-0.1, -0.05) is 12.1 Å². The Kier molecular flexibility index (Phi) is 4.38. The van der Waals surface area contributed by atoms with Crippen LogP contribution in [0, 0.1) is 0 Å². The summed E-state index contributed by atoms with van der Waals surface area (Å²) in [5.41, 5.74) is 2.48. The highest BCUT2D eigenvalue weighted by atomic mass is 32.2. The number of pyridine rings is 1. The van der Waals surface area contributed by atoms with E-state index in [9.17, 15) is 18.3 Å². The molecule has 2 atom stereocenters. The molecule has 10 heteroatoms. The van der Waals surface area contributed by atoms with Crippen molar-refractivity contribution in [2.45, 2.75) is 36.6 Å². The minimum absolute atomic E-state index is 0.0567. The van der Waals surface area contributed by atoms with E-state index in [2.05, 4.69) is 4.90 Å². The number of carboxylic acid groups (broad SMARTS) is 1. The fourth-order valence-electron chi connectivity index (χ4n) is 5.32. The third kappa shape index (κ3) is 3.04. The molecule has 3 fully saturated rings. The number of hydrogen-bond acceptors (Lipinski definition) is 6. The Morgan fingerprint density at radius 3 is 2.41 bits per heavy atom. The van der Waals surface area contributed by atoms with Crippen LogP contribution in [0.5, 0.6) is 0 Å². The first kappa shape index (κ1) is 19.8. The average molecular weight is 456 g/mol. The van der Waals surface area contributed by atoms with Gasteiger partial charge in [0.15, 0.2) is 0 Å². The van der Waals surface area contributed by atoms with Crippen molar-refractivity contribution in [1.29, 1.82) is 0 Å². The number of sulfonamides is 1. The maximum Gasteiger partial charge on any atom is 0.411 e. The summed E-state index contributed by atoms with van der Waals surface area (Å²) in [5.74, 6) is 0.772. The third-order valence-corrected chi connectivity index (χ3v) is 9.46. The Morgan fingerprint density at radius 2 is 1.78 bits per heavy atom. The smallest absolute Gasteiger partial charge is 0.411 e. The minimum atomic E-state index is -3.12. The normalized spacial score (nSPS) is 25.3. The molecule has 1 N–H and O–H groups in total. The van der Waals surface area contributed by atoms with Gasteiger partial charge in [-0.25, -0.2) is 18.2 Å². The summed E-state index contributed by atoms with van der Waals surface area (Å²) in [5, 5.41) is 9.35. The van der Waals surface area contributed by atoms with Gasteiger partial charge < -0.3 is 14.9 Å². The van der Waals surface area contributed by atoms with Crippen molar-refractivity contribution < 1.29 is 18.3 Å². The predicted octanol–water partition coefficient (Wildman–Crippen LogP) is 2.47. The SMILES string of the molecule is O=C(O)N1CCN(c2ccc(N3C[C@@H]4C[C@@H]3CN4S(=O)(=O)C3CC3)cn2)c2ccccc21. The van der Waals surface area contributed by atoms with Crippen LogP contribution in [0.4, 0.5) is 27.7 Å². The molecule has 2 bridgehead atoms. The molecule has 0 unspecified atom stereocenters. The van der Waals surface area contributed by atoms with E-state index in [-0.39, 0.29) is 17.3 Å². The molecule has 1 saturated carbocycles. The summed E-state index contributed by atoms with van der Waals surface area (Å²) in [4.78, 5) is 22.0. The van der Waals surface area contributed by atoms with Crippen molar-refractivity contribution in [2.24, 2.45) is 0 Å². The van der Waals surface area contributed by atoms with E-state index in [1.165, 1.54) is 4.90 Å². The number of rotatable bonds is 4. The number of carbonyl (C=O) groups is 1. The van der Waals surface area contributed by atoms with Gasteiger partial charge in [-0.2, -0.15) is 4.31 Å². The van der Waals surface area contributed by atoms with Crippen LogP contribution in [0.3, 0.4) is 0 Å². The van der Waals surface area contributed by atoms with Gasteiger partial charge >= 0.3 is 6.09 Å². The molecule has 2 aromatic rings. The molecule has 0 radical (unpaired) electrons. The van der Waals surface area contributed by atoms with Crippen molar-refractivity contribution in [1.82, 2.24) is 9.29 Å². The molecular formula is C22H25N5O4S. The van der Waals surface area contributed by atoms with E-state index in [4.69, 9.17) is 4.98 Å². The second-order valence-corrected chi connectivity index (χ2v) is 11.1. The molecule has 1 aromatic heterocycles. The highest BCUT2D eigenvalue weighted by molar-refractivity contribution is 7.90. The Bertz CT molecular complexity index is 1170. The van der Waals surface area contributed by atoms with Crippen LogP contribution < -0.4 is 14.7 Å². The second-order valence-electron chi connectivity index (χ2n) is 8.96. The van der Waals surface area contributed by atoms with Crippen molar-refractivity contribution >= 4 is 39.0 Å². The summed E-state index contributed by atoms with van der Waals surface area (Å²) < 4.78 is 27.1. The van der Waals surface area contributed by atoms with E-state index in [0.717, 1.165) is 36.5 Å². The van der Waals surface area contributed by atoms with E-state index >= 15 is 0 Å². The third-order valence-electron chi connectivity index (χ3n) is 7.04. The number of anilines is 4. The van der Waals surface area contributed by atoms with Crippen LogP contribution in [-0.4, -0.2) is 72.4 Å². The Hall–Kier alpha value is -2.85. The van der Waals surface area contributed by atoms with Gasteiger partial charge in [0.2, 0.25) is 10.0 Å². The first-order chi connectivity index (χ1) is 15.4. The van der Waals surface area contributed by atoms with Crippen LogP contribution in [0.25, 0.3) is 0 Å². The lowest BCUT2D eigenvalue weighted by Gasteiger charge is -2.36. The maximum atomic E-state index is 12.7. The van der Waals surface area contributed by atoms with Crippen LogP contribution >= 0.6 is 0 Å². The van der Waals surface area contributed by atoms with Gasteiger partial charge in [0.1, 0.15) is 5.82 Å². The molecule has 4 aliphatic rings. The minimum Gasteiger partial charge on any atom is -0.465 e. The lowest BCUT2D eigenvalue weighted by atomic mass is 10.1. The van der Waals surface area contributed by atoms with Gasteiger partial charge in [-0.3, -0.25) is 4.90 Å². The van der Waals surface area contributed by atoms with Crippen molar-refractivity contribution in [3.05, 3.63) is 42.6 Å². The molecule has 2 saturated heterocycles. The molecule has 6 rings (SSSR count). The Morgan fingerprint density at radius 1 is 1.00 bits per heavy atom. The van der Waals surface area contributed by atoms with Gasteiger partial charge in [-0.15, -0.1) is 0 Å². The van der Waals surface area contributed by atoms with Crippen LogP contribution in [0.15, 0.2) is 42.6 Å². The van der Waals surface area contributed by atoms with Crippen molar-refractivity contribution in [2.75, 3.05) is 40.9 Å². The number of benzene rings is 1. The number of aromatic nitrogens is 1. The second kappa shape index (κ2) is 7.08. The number of nitrogens with zero attached hydrogens (tertiary/aromatic N) is 5. The van der Waals surface area contributed by atoms with Gasteiger partial charge in [0, 0.05) is 38.3 Å². The molecule has 4 heterocycles. The lowest BCUT2D eigenvalue weighted by molar-refractivity contribution is 0.201. The fraction of sp³-hybridized carbons (Fsp3) is 0.455. The number of piperazine rings is 1. The van der Waals surface area contributed by atoms with Crippen molar-refractivity contribution in [3.63, 3.8) is 0 Å². The zero-order chi connectivity index (χ0) is 22.0.